The lowest BCUT2D eigenvalue weighted by atomic mass is 9.76. The molecule has 1 aliphatic carbocycles. The van der Waals surface area contributed by atoms with Gasteiger partial charge in [0.15, 0.2) is 0 Å². The largest absolute Gasteiger partial charge is 0.445 e. The fourth-order valence-corrected chi connectivity index (χ4v) is 3.12. The van der Waals surface area contributed by atoms with Crippen molar-refractivity contribution in [2.45, 2.75) is 31.1 Å². The van der Waals surface area contributed by atoms with Crippen LogP contribution in [0.2, 0.25) is 0 Å². The van der Waals surface area contributed by atoms with Crippen LogP contribution in [0.25, 0.3) is 11.5 Å². The molecule has 3 heteroatoms. The Balaban J connectivity index is 2.12. The molecule has 0 spiro atoms. The number of aromatic nitrogens is 1. The minimum atomic E-state index is 0.116. The van der Waals surface area contributed by atoms with Crippen LogP contribution in [-0.4, -0.2) is 11.5 Å². The molecule has 1 fully saturated rings. The summed E-state index contributed by atoms with van der Waals surface area (Å²) >= 11 is 0. The molecule has 94 valence electrons. The molecule has 0 saturated heterocycles. The van der Waals surface area contributed by atoms with Gasteiger partial charge in [-0.25, -0.2) is 4.98 Å². The number of nitrogens with two attached hydrogens (primary N) is 1. The SMILES string of the molecule is NCC1(c2ccccc2-c2ncco2)CCCC1. The zero-order chi connectivity index (χ0) is 12.4. The molecule has 1 saturated carbocycles. The zero-order valence-electron chi connectivity index (χ0n) is 10.4. The van der Waals surface area contributed by atoms with Crippen molar-refractivity contribution >= 4 is 0 Å². The predicted octanol–water partition coefficient (Wildman–Crippen LogP) is 3.11. The average molecular weight is 242 g/mol. The molecule has 3 rings (SSSR count). The maximum atomic E-state index is 6.07. The molecule has 1 aromatic carbocycles. The second-order valence-corrected chi connectivity index (χ2v) is 5.07. The Morgan fingerprint density at radius 1 is 1.22 bits per heavy atom. The van der Waals surface area contributed by atoms with E-state index in [1.165, 1.54) is 31.2 Å². The van der Waals surface area contributed by atoms with E-state index >= 15 is 0 Å². The van der Waals surface area contributed by atoms with Crippen molar-refractivity contribution in [3.05, 3.63) is 42.3 Å². The molecule has 0 unspecified atom stereocenters. The van der Waals surface area contributed by atoms with E-state index in [1.54, 1.807) is 12.5 Å². The molecule has 0 radical (unpaired) electrons. The summed E-state index contributed by atoms with van der Waals surface area (Å²) in [7, 11) is 0. The van der Waals surface area contributed by atoms with Gasteiger partial charge in [0.05, 0.1) is 6.20 Å². The van der Waals surface area contributed by atoms with Crippen LogP contribution in [0.1, 0.15) is 31.2 Å². The Labute approximate surface area is 107 Å². The molecule has 1 aromatic heterocycles. The van der Waals surface area contributed by atoms with Crippen LogP contribution in [-0.2, 0) is 5.41 Å². The zero-order valence-corrected chi connectivity index (χ0v) is 10.4. The Morgan fingerprint density at radius 3 is 2.67 bits per heavy atom. The first kappa shape index (κ1) is 11.5. The number of benzene rings is 1. The first-order valence-corrected chi connectivity index (χ1v) is 6.55. The van der Waals surface area contributed by atoms with Crippen LogP contribution >= 0.6 is 0 Å². The molecule has 0 aliphatic heterocycles. The number of hydrogen-bond acceptors (Lipinski definition) is 3. The summed E-state index contributed by atoms with van der Waals surface area (Å²) in [6, 6.07) is 8.37. The van der Waals surface area contributed by atoms with Crippen LogP contribution in [0.4, 0.5) is 0 Å². The van der Waals surface area contributed by atoms with Gasteiger partial charge in [-0.3, -0.25) is 0 Å². The van der Waals surface area contributed by atoms with Gasteiger partial charge in [-0.15, -0.1) is 0 Å². The third-order valence-corrected chi connectivity index (χ3v) is 4.11. The minimum absolute atomic E-state index is 0.116. The van der Waals surface area contributed by atoms with Gasteiger partial charge in [-0.2, -0.15) is 0 Å². The molecule has 3 nitrogen and oxygen atoms in total. The lowest BCUT2D eigenvalue weighted by Gasteiger charge is -2.29. The highest BCUT2D eigenvalue weighted by molar-refractivity contribution is 5.61. The van der Waals surface area contributed by atoms with E-state index in [2.05, 4.69) is 23.2 Å². The van der Waals surface area contributed by atoms with Gasteiger partial charge in [0.2, 0.25) is 5.89 Å². The fraction of sp³-hybridized carbons (Fsp3) is 0.400. The van der Waals surface area contributed by atoms with Crippen molar-refractivity contribution in [2.24, 2.45) is 5.73 Å². The van der Waals surface area contributed by atoms with Gasteiger partial charge in [0, 0.05) is 17.5 Å². The average Bonchev–Trinajstić information content (AvgIpc) is 3.11. The third-order valence-electron chi connectivity index (χ3n) is 4.11. The van der Waals surface area contributed by atoms with Crippen LogP contribution in [0, 0.1) is 0 Å². The molecule has 18 heavy (non-hydrogen) atoms. The minimum Gasteiger partial charge on any atom is -0.445 e. The molecule has 2 aromatic rings. The highest BCUT2D eigenvalue weighted by atomic mass is 16.3. The molecule has 0 atom stereocenters. The van der Waals surface area contributed by atoms with E-state index in [1.807, 2.05) is 6.07 Å². The fourth-order valence-electron chi connectivity index (χ4n) is 3.12. The predicted molar refractivity (Wildman–Crippen MR) is 71.1 cm³/mol. The Kier molecular flexibility index (Phi) is 2.92. The van der Waals surface area contributed by atoms with Gasteiger partial charge in [-0.05, 0) is 24.5 Å². The third kappa shape index (κ3) is 1.75. The highest BCUT2D eigenvalue weighted by Crippen LogP contribution is 2.43. The van der Waals surface area contributed by atoms with Crippen molar-refractivity contribution < 1.29 is 4.42 Å². The maximum Gasteiger partial charge on any atom is 0.226 e. The van der Waals surface area contributed by atoms with Crippen molar-refractivity contribution in [1.82, 2.24) is 4.98 Å². The second kappa shape index (κ2) is 4.58. The van der Waals surface area contributed by atoms with E-state index < -0.39 is 0 Å². The number of hydrogen-bond donors (Lipinski definition) is 1. The number of oxazole rings is 1. The number of nitrogens with zero attached hydrogens (tertiary/aromatic N) is 1. The Bertz CT molecular complexity index is 513. The smallest absolute Gasteiger partial charge is 0.226 e. The van der Waals surface area contributed by atoms with Gasteiger partial charge in [0.1, 0.15) is 6.26 Å². The van der Waals surface area contributed by atoms with Crippen molar-refractivity contribution in [2.75, 3.05) is 6.54 Å². The van der Waals surface area contributed by atoms with E-state index in [0.29, 0.717) is 12.4 Å². The molecule has 0 bridgehead atoms. The van der Waals surface area contributed by atoms with Crippen LogP contribution in [0.5, 0.6) is 0 Å². The summed E-state index contributed by atoms with van der Waals surface area (Å²) in [5.74, 6) is 0.699. The quantitative estimate of drug-likeness (QED) is 0.899. The Hall–Kier alpha value is -1.61. The monoisotopic (exact) mass is 242 g/mol. The molecule has 2 N–H and O–H groups in total. The first-order valence-electron chi connectivity index (χ1n) is 6.55. The summed E-state index contributed by atoms with van der Waals surface area (Å²) < 4.78 is 5.46. The van der Waals surface area contributed by atoms with Gasteiger partial charge >= 0.3 is 0 Å². The summed E-state index contributed by atoms with van der Waals surface area (Å²) in [6.45, 7) is 0.699. The summed E-state index contributed by atoms with van der Waals surface area (Å²) in [6.07, 6.45) is 8.17. The molecular weight excluding hydrogens is 224 g/mol. The Morgan fingerprint density at radius 2 is 2.00 bits per heavy atom. The summed E-state index contributed by atoms with van der Waals surface area (Å²) in [5.41, 5.74) is 8.58. The van der Waals surface area contributed by atoms with E-state index in [4.69, 9.17) is 10.2 Å². The van der Waals surface area contributed by atoms with Crippen LogP contribution in [0.3, 0.4) is 0 Å². The lowest BCUT2D eigenvalue weighted by Crippen LogP contribution is -2.32. The summed E-state index contributed by atoms with van der Waals surface area (Å²) in [4.78, 5) is 4.28. The summed E-state index contributed by atoms with van der Waals surface area (Å²) in [5, 5.41) is 0. The standard InChI is InChI=1S/C15H18N2O/c16-11-15(7-3-4-8-15)13-6-2-1-5-12(13)14-17-9-10-18-14/h1-2,5-6,9-10H,3-4,7-8,11,16H2. The highest BCUT2D eigenvalue weighted by Gasteiger charge is 2.36. The van der Waals surface area contributed by atoms with Gasteiger partial charge < -0.3 is 10.2 Å². The second-order valence-electron chi connectivity index (χ2n) is 5.07. The molecule has 1 aliphatic rings. The molecule has 0 amide bonds. The van der Waals surface area contributed by atoms with E-state index in [0.717, 1.165) is 5.56 Å². The van der Waals surface area contributed by atoms with Crippen LogP contribution < -0.4 is 5.73 Å². The lowest BCUT2D eigenvalue weighted by molar-refractivity contribution is 0.452. The first-order chi connectivity index (χ1) is 8.86. The topological polar surface area (TPSA) is 52.0 Å². The van der Waals surface area contributed by atoms with Crippen LogP contribution in [0.15, 0.2) is 41.1 Å². The van der Waals surface area contributed by atoms with Crippen molar-refractivity contribution in [3.8, 4) is 11.5 Å². The van der Waals surface area contributed by atoms with Crippen molar-refractivity contribution in [3.63, 3.8) is 0 Å². The molecule has 1 heterocycles. The van der Waals surface area contributed by atoms with Gasteiger partial charge in [0.25, 0.3) is 0 Å². The normalized spacial score (nSPS) is 18.1. The molecular formula is C15H18N2O. The number of rotatable bonds is 3. The van der Waals surface area contributed by atoms with E-state index in [9.17, 15) is 0 Å². The van der Waals surface area contributed by atoms with E-state index in [-0.39, 0.29) is 5.41 Å². The maximum absolute atomic E-state index is 6.07. The van der Waals surface area contributed by atoms with Gasteiger partial charge in [-0.1, -0.05) is 31.0 Å². The van der Waals surface area contributed by atoms with Crippen molar-refractivity contribution in [1.29, 1.82) is 0 Å².